The molecule has 0 bridgehead atoms. The zero-order chi connectivity index (χ0) is 6.28. The van der Waals surface area contributed by atoms with E-state index in [2.05, 4.69) is 0 Å². The van der Waals surface area contributed by atoms with Gasteiger partial charge >= 0.3 is 51.4 Å². The van der Waals surface area contributed by atoms with E-state index in [1.165, 1.54) is 0 Å². The number of carbonyl (C=O) groups is 1. The molecule has 0 rings (SSSR count). The first-order chi connectivity index (χ1) is 3.15. The van der Waals surface area contributed by atoms with Crippen LogP contribution in [0.4, 0.5) is 0 Å². The number of aliphatic hydroxyl groups is 1. The van der Waals surface area contributed by atoms with Crippen molar-refractivity contribution in [3.8, 4) is 0 Å². The van der Waals surface area contributed by atoms with Crippen LogP contribution in [0.3, 0.4) is 0 Å². The summed E-state index contributed by atoms with van der Waals surface area (Å²) < 4.78 is 0. The summed E-state index contributed by atoms with van der Waals surface area (Å²) in [4.78, 5) is 8.89. The van der Waals surface area contributed by atoms with Crippen molar-refractivity contribution >= 4 is 5.97 Å². The summed E-state index contributed by atoms with van der Waals surface area (Å²) in [6.45, 7) is 2.90. The van der Waals surface area contributed by atoms with Crippen LogP contribution in [0.15, 0.2) is 0 Å². The molecule has 0 fully saturated rings. The van der Waals surface area contributed by atoms with Gasteiger partial charge in [0.25, 0.3) is 0 Å². The summed E-state index contributed by atoms with van der Waals surface area (Å²) in [6.07, 6.45) is 0. The van der Waals surface area contributed by atoms with Gasteiger partial charge in [0.2, 0.25) is 0 Å². The molecule has 5 heteroatoms. The molecule has 0 aromatic heterocycles. The van der Waals surface area contributed by atoms with Gasteiger partial charge in [-0.2, -0.15) is 0 Å². The Kier molecular flexibility index (Phi) is 57.5. The molecule has 0 aliphatic heterocycles. The van der Waals surface area contributed by atoms with E-state index < -0.39 is 5.97 Å². The molecule has 0 aliphatic rings. The van der Waals surface area contributed by atoms with Crippen molar-refractivity contribution in [1.29, 1.82) is 0 Å². The Morgan fingerprint density at radius 3 is 1.67 bits per heavy atom. The molecule has 0 aliphatic carbocycles. The molecular formula is C4H11KO4. The monoisotopic (exact) mass is 162 g/mol. The number of aliphatic hydroxyl groups excluding tert-OH is 1. The third-order valence-electron chi connectivity index (χ3n) is 0. The Morgan fingerprint density at radius 1 is 1.67 bits per heavy atom. The van der Waals surface area contributed by atoms with Gasteiger partial charge < -0.3 is 20.5 Å². The summed E-state index contributed by atoms with van der Waals surface area (Å²) in [6, 6.07) is 0. The van der Waals surface area contributed by atoms with E-state index in [4.69, 9.17) is 15.0 Å². The van der Waals surface area contributed by atoms with E-state index in [9.17, 15) is 0 Å². The van der Waals surface area contributed by atoms with E-state index in [1.807, 2.05) is 0 Å². The first-order valence-electron chi connectivity index (χ1n) is 1.93. The normalized spacial score (nSPS) is 4.78. The Balaban J connectivity index is -0.0000000233. The van der Waals surface area contributed by atoms with Crippen LogP contribution in [-0.4, -0.2) is 23.2 Å². The van der Waals surface area contributed by atoms with Gasteiger partial charge in [-0.15, -0.1) is 0 Å². The molecule has 0 unspecified atom stereocenters. The standard InChI is InChI=1S/C2H4O2.C2H6O.K.H2O/c1-2(3)4;1-2-3;;/h1H3,(H,3,4);3H,2H2,1H3;;1H2/q;;+1;/p-1. The maximum Gasteiger partial charge on any atom is 1.00 e. The SMILES string of the molecule is CC(=O)[O-].CCO.O.[K+]. The zero-order valence-corrected chi connectivity index (χ0v) is 9.09. The molecule has 0 saturated heterocycles. The van der Waals surface area contributed by atoms with Crippen molar-refractivity contribution in [2.45, 2.75) is 13.8 Å². The van der Waals surface area contributed by atoms with Gasteiger partial charge in [0.05, 0.1) is 0 Å². The first kappa shape index (κ1) is 22.5. The molecule has 3 N–H and O–H groups in total. The molecule has 0 aromatic rings. The molecule has 0 aromatic carbocycles. The third kappa shape index (κ3) is 423. The van der Waals surface area contributed by atoms with Crippen LogP contribution in [0.2, 0.25) is 0 Å². The van der Waals surface area contributed by atoms with E-state index in [0.717, 1.165) is 6.92 Å². The van der Waals surface area contributed by atoms with Gasteiger partial charge in [0, 0.05) is 12.6 Å². The minimum absolute atomic E-state index is 0. The fourth-order valence-electron chi connectivity index (χ4n) is 0. The number of aliphatic carboxylic acids is 1. The van der Waals surface area contributed by atoms with Crippen LogP contribution in [-0.2, 0) is 4.79 Å². The van der Waals surface area contributed by atoms with Crippen LogP contribution in [0, 0.1) is 0 Å². The van der Waals surface area contributed by atoms with Gasteiger partial charge in [-0.3, -0.25) is 0 Å². The summed E-state index contributed by atoms with van der Waals surface area (Å²) in [5, 5.41) is 16.5. The van der Waals surface area contributed by atoms with Gasteiger partial charge in [0.1, 0.15) is 0 Å². The maximum atomic E-state index is 8.89. The Labute approximate surface area is 97.0 Å². The largest absolute Gasteiger partial charge is 1.00 e. The quantitative estimate of drug-likeness (QED) is 0.361. The fraction of sp³-hybridized carbons (Fsp3) is 0.750. The summed E-state index contributed by atoms with van der Waals surface area (Å²) in [5.41, 5.74) is 0. The third-order valence-corrected chi connectivity index (χ3v) is 0. The number of hydrogen-bond donors (Lipinski definition) is 1. The van der Waals surface area contributed by atoms with Gasteiger partial charge in [0.15, 0.2) is 0 Å². The summed E-state index contributed by atoms with van der Waals surface area (Å²) in [7, 11) is 0. The van der Waals surface area contributed by atoms with E-state index in [0.29, 0.717) is 0 Å². The first-order valence-corrected chi connectivity index (χ1v) is 1.93. The molecule has 0 atom stereocenters. The van der Waals surface area contributed by atoms with E-state index >= 15 is 0 Å². The minimum Gasteiger partial charge on any atom is -0.550 e. The van der Waals surface area contributed by atoms with Crippen LogP contribution in [0.5, 0.6) is 0 Å². The average molecular weight is 162 g/mol. The topological polar surface area (TPSA) is 91.9 Å². The Bertz CT molecular complexity index is 43.8. The van der Waals surface area contributed by atoms with Crippen molar-refractivity contribution < 1.29 is 71.9 Å². The molecule has 0 amide bonds. The van der Waals surface area contributed by atoms with Crippen molar-refractivity contribution in [3.63, 3.8) is 0 Å². The van der Waals surface area contributed by atoms with E-state index in [-0.39, 0.29) is 63.5 Å². The average Bonchev–Trinajstić information content (AvgIpc) is 1.33. The summed E-state index contributed by atoms with van der Waals surface area (Å²) >= 11 is 0. The summed E-state index contributed by atoms with van der Waals surface area (Å²) in [5.74, 6) is -1.08. The van der Waals surface area contributed by atoms with E-state index in [1.54, 1.807) is 6.92 Å². The number of hydrogen-bond acceptors (Lipinski definition) is 3. The van der Waals surface area contributed by atoms with Crippen LogP contribution in [0.25, 0.3) is 0 Å². The number of carbonyl (C=O) groups excluding carboxylic acids is 1. The minimum atomic E-state index is -1.08. The zero-order valence-electron chi connectivity index (χ0n) is 5.97. The fourth-order valence-corrected chi connectivity index (χ4v) is 0. The predicted molar refractivity (Wildman–Crippen MR) is 27.1 cm³/mol. The van der Waals surface area contributed by atoms with Crippen LogP contribution < -0.4 is 56.5 Å². The van der Waals surface area contributed by atoms with Crippen molar-refractivity contribution in [2.24, 2.45) is 0 Å². The molecule has 9 heavy (non-hydrogen) atoms. The van der Waals surface area contributed by atoms with Gasteiger partial charge in [-0.05, 0) is 13.8 Å². The Hall–Kier alpha value is 1.03. The van der Waals surface area contributed by atoms with Gasteiger partial charge in [-0.25, -0.2) is 0 Å². The molecule has 4 nitrogen and oxygen atoms in total. The molecule has 0 spiro atoms. The number of rotatable bonds is 0. The van der Waals surface area contributed by atoms with Crippen molar-refractivity contribution in [2.75, 3.05) is 6.61 Å². The molecular weight excluding hydrogens is 151 g/mol. The van der Waals surface area contributed by atoms with Crippen LogP contribution in [0.1, 0.15) is 13.8 Å². The second kappa shape index (κ2) is 23.0. The second-order valence-electron chi connectivity index (χ2n) is 0.808. The maximum absolute atomic E-state index is 8.89. The number of carboxylic acid groups (broad SMARTS) is 1. The number of carboxylic acids is 1. The molecule has 52 valence electrons. The molecule has 0 saturated carbocycles. The second-order valence-corrected chi connectivity index (χ2v) is 0.808. The van der Waals surface area contributed by atoms with Gasteiger partial charge in [-0.1, -0.05) is 0 Å². The van der Waals surface area contributed by atoms with Crippen molar-refractivity contribution in [1.82, 2.24) is 0 Å². The van der Waals surface area contributed by atoms with Crippen LogP contribution >= 0.6 is 0 Å². The Morgan fingerprint density at radius 2 is 1.67 bits per heavy atom. The predicted octanol–water partition coefficient (Wildman–Crippen LogP) is -5.07. The molecule has 0 heterocycles. The molecule has 0 radical (unpaired) electrons. The smallest absolute Gasteiger partial charge is 0.550 e. The van der Waals surface area contributed by atoms with Crippen molar-refractivity contribution in [3.05, 3.63) is 0 Å².